The van der Waals surface area contributed by atoms with Crippen LogP contribution < -0.4 is 5.73 Å². The number of nitrogens with one attached hydrogen (secondary N) is 2. The van der Waals surface area contributed by atoms with Crippen molar-refractivity contribution in [2.24, 2.45) is 5.73 Å². The van der Waals surface area contributed by atoms with Crippen LogP contribution >= 0.6 is 23.5 Å². The Hall–Kier alpha value is -1.47. The Labute approximate surface area is 146 Å². The molecule has 0 heterocycles. The molecule has 0 fully saturated rings. The lowest BCUT2D eigenvalue weighted by Crippen LogP contribution is -2.29. The molecule has 4 N–H and O–H groups in total. The van der Waals surface area contributed by atoms with E-state index in [0.29, 0.717) is 10.8 Å². The van der Waals surface area contributed by atoms with Crippen LogP contribution in [0.1, 0.15) is 24.0 Å². The van der Waals surface area contributed by atoms with Crippen LogP contribution in [0.4, 0.5) is 0 Å². The van der Waals surface area contributed by atoms with Crippen molar-refractivity contribution in [1.82, 2.24) is 4.90 Å². The fraction of sp³-hybridized carbons (Fsp3) is 0.438. The van der Waals surface area contributed by atoms with E-state index in [-0.39, 0.29) is 17.0 Å². The van der Waals surface area contributed by atoms with Gasteiger partial charge in [0.1, 0.15) is 0 Å². The van der Waals surface area contributed by atoms with Crippen molar-refractivity contribution in [2.45, 2.75) is 19.3 Å². The number of carbonyl (C=O) groups is 1. The van der Waals surface area contributed by atoms with Gasteiger partial charge in [-0.3, -0.25) is 15.6 Å². The number of likely N-dealkylation sites (N-methyl/N-ethyl adjacent to an activating group) is 1. The Morgan fingerprint density at radius 2 is 1.83 bits per heavy atom. The second-order valence-electron chi connectivity index (χ2n) is 5.36. The zero-order valence-electron chi connectivity index (χ0n) is 13.8. The summed E-state index contributed by atoms with van der Waals surface area (Å²) in [6.45, 7) is 1.73. The van der Waals surface area contributed by atoms with E-state index in [1.807, 2.05) is 24.3 Å². The van der Waals surface area contributed by atoms with E-state index in [9.17, 15) is 4.79 Å². The molecule has 7 heteroatoms. The molecule has 23 heavy (non-hydrogen) atoms. The van der Waals surface area contributed by atoms with E-state index >= 15 is 0 Å². The van der Waals surface area contributed by atoms with E-state index < -0.39 is 0 Å². The topological polar surface area (TPSA) is 94.0 Å². The van der Waals surface area contributed by atoms with Gasteiger partial charge in [-0.15, -0.1) is 11.8 Å². The predicted octanol–water partition coefficient (Wildman–Crippen LogP) is 2.76. The molecule has 0 unspecified atom stereocenters. The SMILES string of the molecule is CC(=N)SC[C@H](C(=O)N(C)C)c1ccc(CCSC(=N)N)cc1. The average molecular weight is 353 g/mol. The quantitative estimate of drug-likeness (QED) is 0.519. The van der Waals surface area contributed by atoms with Crippen molar-refractivity contribution in [3.63, 3.8) is 0 Å². The lowest BCUT2D eigenvalue weighted by Gasteiger charge is -2.21. The highest BCUT2D eigenvalue weighted by atomic mass is 32.2. The summed E-state index contributed by atoms with van der Waals surface area (Å²) >= 11 is 2.73. The summed E-state index contributed by atoms with van der Waals surface area (Å²) < 4.78 is 0. The largest absolute Gasteiger partial charge is 0.379 e. The lowest BCUT2D eigenvalue weighted by molar-refractivity contribution is -0.129. The first-order chi connectivity index (χ1) is 10.8. The molecule has 0 spiro atoms. The normalized spacial score (nSPS) is 11.8. The van der Waals surface area contributed by atoms with E-state index in [4.69, 9.17) is 16.6 Å². The number of nitrogens with zero attached hydrogens (tertiary/aromatic N) is 1. The molecule has 0 aliphatic carbocycles. The molecule has 0 aromatic heterocycles. The van der Waals surface area contributed by atoms with E-state index in [1.165, 1.54) is 23.5 Å². The molecule has 0 bridgehead atoms. The van der Waals surface area contributed by atoms with E-state index in [0.717, 1.165) is 23.3 Å². The Morgan fingerprint density at radius 1 is 1.22 bits per heavy atom. The Balaban J connectivity index is 2.79. The number of aryl methyl sites for hydroxylation is 1. The molecule has 0 saturated carbocycles. The number of carbonyl (C=O) groups excluding carboxylic acids is 1. The predicted molar refractivity (Wildman–Crippen MR) is 102 cm³/mol. The van der Waals surface area contributed by atoms with Gasteiger partial charge in [-0.25, -0.2) is 0 Å². The molecule has 0 saturated heterocycles. The second kappa shape index (κ2) is 9.62. The molecular formula is C16H24N4OS2. The minimum atomic E-state index is -0.240. The fourth-order valence-corrected chi connectivity index (χ4v) is 3.33. The van der Waals surface area contributed by atoms with Gasteiger partial charge in [-0.2, -0.15) is 0 Å². The Bertz CT molecular complexity index is 558. The molecule has 5 nitrogen and oxygen atoms in total. The number of hydrogen-bond donors (Lipinski definition) is 3. The van der Waals surface area contributed by atoms with Crippen LogP contribution in [0.15, 0.2) is 24.3 Å². The number of benzene rings is 1. The summed E-state index contributed by atoms with van der Waals surface area (Å²) in [4.78, 5) is 14.0. The molecule has 1 rings (SSSR count). The zero-order chi connectivity index (χ0) is 17.4. The third-order valence-corrected chi connectivity index (χ3v) is 4.89. The minimum absolute atomic E-state index is 0.0543. The summed E-state index contributed by atoms with van der Waals surface area (Å²) in [5.74, 6) is 1.17. The maximum atomic E-state index is 12.4. The lowest BCUT2D eigenvalue weighted by atomic mass is 9.98. The highest BCUT2D eigenvalue weighted by Gasteiger charge is 2.22. The molecule has 1 aromatic rings. The van der Waals surface area contributed by atoms with Gasteiger partial charge in [0.2, 0.25) is 5.91 Å². The van der Waals surface area contributed by atoms with E-state index in [2.05, 4.69) is 0 Å². The van der Waals surface area contributed by atoms with Crippen molar-refractivity contribution in [1.29, 1.82) is 10.8 Å². The fourth-order valence-electron chi connectivity index (χ4n) is 2.03. The molecular weight excluding hydrogens is 328 g/mol. The average Bonchev–Trinajstić information content (AvgIpc) is 2.48. The molecule has 1 aromatic carbocycles. The molecule has 1 atom stereocenters. The van der Waals surface area contributed by atoms with Crippen molar-refractivity contribution >= 4 is 39.6 Å². The number of thioether (sulfide) groups is 2. The van der Waals surface area contributed by atoms with Crippen LogP contribution in [0.25, 0.3) is 0 Å². The maximum Gasteiger partial charge on any atom is 0.230 e. The number of nitrogens with two attached hydrogens (primary N) is 1. The summed E-state index contributed by atoms with van der Waals surface area (Å²) in [6, 6.07) is 8.02. The van der Waals surface area contributed by atoms with Gasteiger partial charge < -0.3 is 10.6 Å². The van der Waals surface area contributed by atoms with Gasteiger partial charge in [0.05, 0.1) is 11.0 Å². The Kier molecular flexibility index (Phi) is 8.19. The van der Waals surface area contributed by atoms with Crippen molar-refractivity contribution in [2.75, 3.05) is 25.6 Å². The van der Waals surface area contributed by atoms with Gasteiger partial charge >= 0.3 is 0 Å². The standard InChI is InChI=1S/C16H24N4OS2/c1-11(17)23-10-14(15(21)20(2)3)13-6-4-12(5-7-13)8-9-22-16(18)19/h4-7,14,17H,8-10H2,1-3H3,(H3,18,19)/t14-/m0/s1. The van der Waals surface area contributed by atoms with Crippen LogP contribution in [0.3, 0.4) is 0 Å². The van der Waals surface area contributed by atoms with Gasteiger partial charge in [0.15, 0.2) is 5.17 Å². The van der Waals surface area contributed by atoms with Gasteiger partial charge in [-0.1, -0.05) is 36.0 Å². The number of amides is 1. The highest BCUT2D eigenvalue weighted by molar-refractivity contribution is 8.14. The first kappa shape index (κ1) is 19.6. The van der Waals surface area contributed by atoms with Gasteiger partial charge in [0.25, 0.3) is 0 Å². The monoisotopic (exact) mass is 352 g/mol. The van der Waals surface area contributed by atoms with Crippen LogP contribution in [0.5, 0.6) is 0 Å². The number of amidine groups is 1. The summed E-state index contributed by atoms with van der Waals surface area (Å²) in [5.41, 5.74) is 7.46. The van der Waals surface area contributed by atoms with Crippen LogP contribution in [-0.4, -0.2) is 46.6 Å². The zero-order valence-corrected chi connectivity index (χ0v) is 15.4. The van der Waals surface area contributed by atoms with Crippen molar-refractivity contribution in [3.05, 3.63) is 35.4 Å². The first-order valence-electron chi connectivity index (χ1n) is 7.26. The van der Waals surface area contributed by atoms with Crippen LogP contribution in [0.2, 0.25) is 0 Å². The Morgan fingerprint density at radius 3 is 2.30 bits per heavy atom. The molecule has 0 aliphatic heterocycles. The summed E-state index contributed by atoms with van der Waals surface area (Å²) in [6.07, 6.45) is 0.838. The second-order valence-corrected chi connectivity index (χ2v) is 7.73. The molecule has 0 aliphatic rings. The molecule has 126 valence electrons. The number of rotatable bonds is 7. The van der Waals surface area contributed by atoms with E-state index in [1.54, 1.807) is 25.9 Å². The van der Waals surface area contributed by atoms with Crippen molar-refractivity contribution in [3.8, 4) is 0 Å². The third-order valence-electron chi connectivity index (χ3n) is 3.24. The van der Waals surface area contributed by atoms with Gasteiger partial charge in [-0.05, 0) is 24.5 Å². The van der Waals surface area contributed by atoms with Gasteiger partial charge in [0, 0.05) is 25.6 Å². The smallest absolute Gasteiger partial charge is 0.230 e. The van der Waals surface area contributed by atoms with Crippen molar-refractivity contribution < 1.29 is 4.79 Å². The highest BCUT2D eigenvalue weighted by Crippen LogP contribution is 2.24. The van der Waals surface area contributed by atoms with Crippen LogP contribution in [-0.2, 0) is 11.2 Å². The molecule has 1 amide bonds. The third kappa shape index (κ3) is 7.09. The molecule has 0 radical (unpaired) electrons. The maximum absolute atomic E-state index is 12.4. The number of hydrogen-bond acceptors (Lipinski definition) is 5. The minimum Gasteiger partial charge on any atom is -0.379 e. The summed E-state index contributed by atoms with van der Waals surface area (Å²) in [7, 11) is 3.51. The van der Waals surface area contributed by atoms with Crippen LogP contribution in [0, 0.1) is 10.8 Å². The first-order valence-corrected chi connectivity index (χ1v) is 9.23. The summed E-state index contributed by atoms with van der Waals surface area (Å²) in [5, 5.41) is 15.4.